The minimum absolute atomic E-state index is 0.0904. The number of hydroxylamine groups is 2. The zero-order valence-electron chi connectivity index (χ0n) is 12.8. The highest BCUT2D eigenvalue weighted by Gasteiger charge is 2.48. The van der Waals surface area contributed by atoms with Crippen molar-refractivity contribution in [3.8, 4) is 0 Å². The number of hydrogen-bond donors (Lipinski definition) is 4. The molecule has 3 aliphatic rings. The van der Waals surface area contributed by atoms with Gasteiger partial charge in [0.1, 0.15) is 5.84 Å². The van der Waals surface area contributed by atoms with Crippen molar-refractivity contribution < 1.29 is 26.8 Å². The summed E-state index contributed by atoms with van der Waals surface area (Å²) in [6, 6.07) is -1.91. The van der Waals surface area contributed by atoms with Crippen molar-refractivity contribution in [3.05, 3.63) is 0 Å². The number of carbonyl (C=O) groups excluding carboxylic acids is 2. The first-order valence-electron chi connectivity index (χ1n) is 7.63. The van der Waals surface area contributed by atoms with Crippen LogP contribution in [0.15, 0.2) is 0 Å². The van der Waals surface area contributed by atoms with E-state index in [2.05, 4.69) is 14.9 Å². The van der Waals surface area contributed by atoms with Crippen molar-refractivity contribution in [3.63, 3.8) is 0 Å². The molecule has 3 amide bonds. The van der Waals surface area contributed by atoms with E-state index < -0.39 is 28.5 Å². The molecule has 3 atom stereocenters. The Morgan fingerprint density at radius 2 is 2.12 bits per heavy atom. The Balaban J connectivity index is 1.65. The van der Waals surface area contributed by atoms with Crippen molar-refractivity contribution in [2.45, 2.75) is 31.3 Å². The summed E-state index contributed by atoms with van der Waals surface area (Å²) in [6.45, 7) is 1.48. The van der Waals surface area contributed by atoms with Crippen molar-refractivity contribution in [1.82, 2.24) is 20.6 Å². The summed E-state index contributed by atoms with van der Waals surface area (Å²) in [4.78, 5) is 25.6. The van der Waals surface area contributed by atoms with E-state index in [9.17, 15) is 18.0 Å². The van der Waals surface area contributed by atoms with Gasteiger partial charge in [0.25, 0.3) is 0 Å². The summed E-state index contributed by atoms with van der Waals surface area (Å²) in [5.41, 5.74) is 0. The van der Waals surface area contributed by atoms with Gasteiger partial charge < -0.3 is 15.5 Å². The molecule has 24 heavy (non-hydrogen) atoms. The Morgan fingerprint density at radius 1 is 1.38 bits per heavy atom. The number of fused-ring (bicyclic) bond motifs is 2. The number of hydrogen-bond acceptors (Lipinski definition) is 7. The van der Waals surface area contributed by atoms with Crippen LogP contribution in [0.4, 0.5) is 4.79 Å². The largest absolute Gasteiger partial charge is 0.418 e. The number of amides is 3. The van der Waals surface area contributed by atoms with Crippen LogP contribution in [0.5, 0.6) is 0 Å². The molecule has 0 aliphatic carbocycles. The van der Waals surface area contributed by atoms with Gasteiger partial charge in [-0.3, -0.25) is 14.8 Å². The highest BCUT2D eigenvalue weighted by atomic mass is 32.3. The molecule has 3 aliphatic heterocycles. The average Bonchev–Trinajstić information content (AvgIpc) is 3.11. The van der Waals surface area contributed by atoms with Gasteiger partial charge >= 0.3 is 16.4 Å². The topological polar surface area (TPSA) is 152 Å². The van der Waals surface area contributed by atoms with E-state index in [1.165, 1.54) is 4.90 Å². The molecule has 0 aromatic rings. The molecule has 4 N–H and O–H groups in total. The van der Waals surface area contributed by atoms with Crippen LogP contribution in [-0.4, -0.2) is 72.4 Å². The summed E-state index contributed by atoms with van der Waals surface area (Å²) in [5, 5.41) is 14.3. The lowest BCUT2D eigenvalue weighted by atomic mass is 9.99. The third-order valence-electron chi connectivity index (χ3n) is 4.52. The molecule has 134 valence electrons. The molecule has 0 aromatic carbocycles. The molecular formula is C12H19N5O6S. The first kappa shape index (κ1) is 17.1. The fraction of sp³-hybridized carbons (Fsp3) is 0.750. The highest BCUT2D eigenvalue weighted by Crippen LogP contribution is 2.30. The van der Waals surface area contributed by atoms with Crippen LogP contribution in [0, 0.1) is 11.3 Å². The lowest BCUT2D eigenvalue weighted by Gasteiger charge is -2.31. The van der Waals surface area contributed by atoms with Gasteiger partial charge in [0, 0.05) is 13.1 Å². The van der Waals surface area contributed by atoms with E-state index in [-0.39, 0.29) is 24.2 Å². The van der Waals surface area contributed by atoms with Crippen molar-refractivity contribution in [2.75, 3.05) is 19.6 Å². The Morgan fingerprint density at radius 3 is 2.75 bits per heavy atom. The Kier molecular flexibility index (Phi) is 4.46. The van der Waals surface area contributed by atoms with Gasteiger partial charge in [-0.15, -0.1) is 4.28 Å². The van der Waals surface area contributed by atoms with Crippen LogP contribution in [0.2, 0.25) is 0 Å². The SMILES string of the molecule is N=C(NC(=O)C1CCNC1)C1CCC2CN1C(=O)N2OS(=O)(=O)O. The number of nitrogens with zero attached hydrogens (tertiary/aromatic N) is 2. The standard InChI is InChI=1S/C12H19N5O6S/c13-10(15-11(18)7-3-4-14-5-7)9-2-1-8-6-16(9)12(19)17(8)23-24(20,21)22/h7-9,14H,1-6H2,(H2,13,15,18)(H,20,21,22). The molecule has 3 saturated heterocycles. The van der Waals surface area contributed by atoms with Crippen molar-refractivity contribution >= 4 is 28.2 Å². The van der Waals surface area contributed by atoms with Gasteiger partial charge in [-0.05, 0) is 25.8 Å². The summed E-state index contributed by atoms with van der Waals surface area (Å²) < 4.78 is 34.8. The minimum atomic E-state index is -4.80. The molecule has 0 spiro atoms. The fourth-order valence-electron chi connectivity index (χ4n) is 3.33. The second-order valence-electron chi connectivity index (χ2n) is 6.10. The zero-order valence-corrected chi connectivity index (χ0v) is 13.6. The smallest absolute Gasteiger partial charge is 0.316 e. The second-order valence-corrected chi connectivity index (χ2v) is 7.11. The van der Waals surface area contributed by atoms with E-state index in [0.717, 1.165) is 6.54 Å². The maximum Gasteiger partial charge on any atom is 0.418 e. The van der Waals surface area contributed by atoms with E-state index in [0.29, 0.717) is 30.9 Å². The number of rotatable bonds is 4. The summed E-state index contributed by atoms with van der Waals surface area (Å²) in [6.07, 6.45) is 1.49. The third-order valence-corrected chi connectivity index (χ3v) is 4.87. The highest BCUT2D eigenvalue weighted by molar-refractivity contribution is 7.80. The Labute approximate surface area is 138 Å². The minimum Gasteiger partial charge on any atom is -0.316 e. The molecule has 0 aromatic heterocycles. The molecule has 0 saturated carbocycles. The Hall–Kier alpha value is -1.76. The average molecular weight is 361 g/mol. The van der Waals surface area contributed by atoms with E-state index in [1.54, 1.807) is 0 Å². The fourth-order valence-corrected chi connectivity index (χ4v) is 3.72. The summed E-state index contributed by atoms with van der Waals surface area (Å²) in [5.74, 6) is -0.549. The quantitative estimate of drug-likeness (QED) is 0.276. The molecule has 11 nitrogen and oxygen atoms in total. The number of nitrogens with one attached hydrogen (secondary N) is 3. The lowest BCUT2D eigenvalue weighted by Crippen LogP contribution is -2.51. The van der Waals surface area contributed by atoms with Crippen molar-refractivity contribution in [2.24, 2.45) is 5.92 Å². The van der Waals surface area contributed by atoms with Gasteiger partial charge in [-0.1, -0.05) is 0 Å². The van der Waals surface area contributed by atoms with E-state index >= 15 is 0 Å². The molecule has 3 fully saturated rings. The van der Waals surface area contributed by atoms with Crippen LogP contribution < -0.4 is 10.6 Å². The van der Waals surface area contributed by atoms with E-state index in [1.807, 2.05) is 0 Å². The monoisotopic (exact) mass is 361 g/mol. The van der Waals surface area contributed by atoms with Crippen LogP contribution in [-0.2, 0) is 19.5 Å². The molecule has 3 rings (SSSR count). The normalized spacial score (nSPS) is 29.9. The predicted octanol–water partition coefficient (Wildman–Crippen LogP) is -1.31. The van der Waals surface area contributed by atoms with Gasteiger partial charge in [0.05, 0.1) is 18.0 Å². The van der Waals surface area contributed by atoms with Gasteiger partial charge in [0.15, 0.2) is 0 Å². The first-order chi connectivity index (χ1) is 11.3. The molecule has 12 heteroatoms. The number of piperidine rings is 1. The van der Waals surface area contributed by atoms with Crippen LogP contribution in [0.1, 0.15) is 19.3 Å². The second kappa shape index (κ2) is 6.27. The lowest BCUT2D eigenvalue weighted by molar-refractivity contribution is -0.123. The maximum absolute atomic E-state index is 12.3. The summed E-state index contributed by atoms with van der Waals surface area (Å²) >= 11 is 0. The predicted molar refractivity (Wildman–Crippen MR) is 80.2 cm³/mol. The van der Waals surface area contributed by atoms with Gasteiger partial charge in [0.2, 0.25) is 5.91 Å². The number of carbonyl (C=O) groups is 2. The Bertz CT molecular complexity index is 661. The maximum atomic E-state index is 12.3. The molecular weight excluding hydrogens is 342 g/mol. The molecule has 3 unspecified atom stereocenters. The van der Waals surface area contributed by atoms with Crippen LogP contribution in [0.25, 0.3) is 0 Å². The van der Waals surface area contributed by atoms with Crippen molar-refractivity contribution in [1.29, 1.82) is 5.41 Å². The molecule has 2 bridgehead atoms. The molecule has 0 radical (unpaired) electrons. The summed E-state index contributed by atoms with van der Waals surface area (Å²) in [7, 11) is -4.80. The van der Waals surface area contributed by atoms with E-state index in [4.69, 9.17) is 9.96 Å². The van der Waals surface area contributed by atoms with Crippen LogP contribution in [0.3, 0.4) is 0 Å². The van der Waals surface area contributed by atoms with Crippen LogP contribution >= 0.6 is 0 Å². The first-order valence-corrected chi connectivity index (χ1v) is 8.99. The van der Waals surface area contributed by atoms with Gasteiger partial charge in [-0.2, -0.15) is 13.5 Å². The van der Waals surface area contributed by atoms with Gasteiger partial charge in [-0.25, -0.2) is 4.79 Å². The number of urea groups is 1. The molecule has 3 heterocycles. The third kappa shape index (κ3) is 3.36. The zero-order chi connectivity index (χ0) is 17.5. The number of amidine groups is 1.